The lowest BCUT2D eigenvalue weighted by atomic mass is 10.1. The van der Waals surface area contributed by atoms with Crippen LogP contribution in [0.15, 0.2) is 24.3 Å². The van der Waals surface area contributed by atoms with Crippen molar-refractivity contribution in [1.82, 2.24) is 9.78 Å². The van der Waals surface area contributed by atoms with Crippen molar-refractivity contribution in [2.75, 3.05) is 4.90 Å². The molecular formula is C17H21N3O. The normalized spacial score (nSPS) is 17.1. The third-order valence-corrected chi connectivity index (χ3v) is 4.46. The largest absolute Gasteiger partial charge is 0.309 e. The van der Waals surface area contributed by atoms with Crippen LogP contribution in [-0.2, 0) is 24.7 Å². The van der Waals surface area contributed by atoms with Crippen LogP contribution in [0.4, 0.5) is 5.69 Å². The lowest BCUT2D eigenvalue weighted by molar-refractivity contribution is -0.118. The number of fused-ring (bicyclic) bond motifs is 1. The van der Waals surface area contributed by atoms with Gasteiger partial charge in [-0.25, -0.2) is 0 Å². The summed E-state index contributed by atoms with van der Waals surface area (Å²) in [4.78, 5) is 14.7. The molecule has 1 aliphatic rings. The van der Waals surface area contributed by atoms with Gasteiger partial charge < -0.3 is 4.90 Å². The summed E-state index contributed by atoms with van der Waals surface area (Å²) in [5, 5.41) is 4.40. The molecule has 0 spiro atoms. The van der Waals surface area contributed by atoms with E-state index in [1.165, 1.54) is 5.56 Å². The first-order chi connectivity index (χ1) is 9.99. The smallest absolute Gasteiger partial charge is 0.231 e. The van der Waals surface area contributed by atoms with Crippen LogP contribution in [-0.4, -0.2) is 21.7 Å². The number of anilines is 1. The summed E-state index contributed by atoms with van der Waals surface area (Å²) in [6.45, 7) is 6.10. The van der Waals surface area contributed by atoms with E-state index in [4.69, 9.17) is 0 Å². The molecule has 4 heteroatoms. The number of hydrogen-bond donors (Lipinski definition) is 0. The van der Waals surface area contributed by atoms with Gasteiger partial charge in [0.15, 0.2) is 0 Å². The van der Waals surface area contributed by atoms with Crippen LogP contribution in [0.1, 0.15) is 29.4 Å². The van der Waals surface area contributed by atoms with Crippen LogP contribution >= 0.6 is 0 Å². The molecule has 0 saturated carbocycles. The van der Waals surface area contributed by atoms with Crippen molar-refractivity contribution in [3.8, 4) is 0 Å². The first-order valence-corrected chi connectivity index (χ1v) is 7.38. The highest BCUT2D eigenvalue weighted by Gasteiger charge is 2.31. The second-order valence-electron chi connectivity index (χ2n) is 5.90. The molecule has 0 fully saturated rings. The molecule has 2 aromatic rings. The third kappa shape index (κ3) is 2.24. The summed E-state index contributed by atoms with van der Waals surface area (Å²) in [6.07, 6.45) is 1.36. The van der Waals surface area contributed by atoms with Gasteiger partial charge in [-0.05, 0) is 38.8 Å². The lowest BCUT2D eigenvalue weighted by Gasteiger charge is -2.23. The molecule has 110 valence electrons. The van der Waals surface area contributed by atoms with Gasteiger partial charge in [0.05, 0.1) is 12.1 Å². The molecule has 4 nitrogen and oxygen atoms in total. The Hall–Kier alpha value is -2.10. The van der Waals surface area contributed by atoms with Gasteiger partial charge in [0.25, 0.3) is 0 Å². The van der Waals surface area contributed by atoms with E-state index >= 15 is 0 Å². The molecule has 0 saturated heterocycles. The molecule has 0 aliphatic carbocycles. The highest BCUT2D eigenvalue weighted by molar-refractivity contribution is 5.97. The van der Waals surface area contributed by atoms with E-state index in [9.17, 15) is 4.79 Å². The Balaban J connectivity index is 1.89. The molecule has 1 aromatic heterocycles. The maximum Gasteiger partial charge on any atom is 0.231 e. The Morgan fingerprint density at radius 3 is 2.71 bits per heavy atom. The van der Waals surface area contributed by atoms with Crippen LogP contribution in [0, 0.1) is 13.8 Å². The van der Waals surface area contributed by atoms with Gasteiger partial charge in [0, 0.05) is 30.0 Å². The molecular weight excluding hydrogens is 262 g/mol. The van der Waals surface area contributed by atoms with Crippen molar-refractivity contribution in [2.24, 2.45) is 7.05 Å². The van der Waals surface area contributed by atoms with E-state index in [1.807, 2.05) is 48.7 Å². The van der Waals surface area contributed by atoms with Gasteiger partial charge in [0.2, 0.25) is 5.91 Å². The summed E-state index contributed by atoms with van der Waals surface area (Å²) < 4.78 is 1.85. The van der Waals surface area contributed by atoms with Crippen molar-refractivity contribution >= 4 is 11.6 Å². The maximum atomic E-state index is 12.8. The number of aromatic nitrogens is 2. The molecule has 0 N–H and O–H groups in total. The number of benzene rings is 1. The minimum Gasteiger partial charge on any atom is -0.309 e. The molecule has 1 amide bonds. The first-order valence-electron chi connectivity index (χ1n) is 7.38. The predicted molar refractivity (Wildman–Crippen MR) is 83.5 cm³/mol. The van der Waals surface area contributed by atoms with Crippen LogP contribution in [0.5, 0.6) is 0 Å². The zero-order chi connectivity index (χ0) is 15.1. The van der Waals surface area contributed by atoms with Crippen molar-refractivity contribution in [2.45, 2.75) is 39.7 Å². The van der Waals surface area contributed by atoms with Crippen molar-refractivity contribution in [1.29, 1.82) is 0 Å². The average Bonchev–Trinajstić information content (AvgIpc) is 2.89. The topological polar surface area (TPSA) is 38.1 Å². The Morgan fingerprint density at radius 2 is 2.05 bits per heavy atom. The van der Waals surface area contributed by atoms with Crippen LogP contribution in [0.2, 0.25) is 0 Å². The summed E-state index contributed by atoms with van der Waals surface area (Å²) in [6, 6.07) is 8.42. The van der Waals surface area contributed by atoms with Gasteiger partial charge in [-0.1, -0.05) is 18.2 Å². The minimum atomic E-state index is 0.159. The SMILES string of the molecule is Cc1nn(C)c(C)c1CC(=O)N1c2ccccc2CC1C. The number of nitrogens with zero attached hydrogens (tertiary/aromatic N) is 3. The quantitative estimate of drug-likeness (QED) is 0.849. The average molecular weight is 283 g/mol. The first kappa shape index (κ1) is 13.9. The minimum absolute atomic E-state index is 0.159. The number of aryl methyl sites for hydroxylation is 2. The monoisotopic (exact) mass is 283 g/mol. The molecule has 1 unspecified atom stereocenters. The van der Waals surface area contributed by atoms with E-state index in [0.717, 1.165) is 29.1 Å². The fourth-order valence-electron chi connectivity index (χ4n) is 3.26. The molecule has 0 bridgehead atoms. The van der Waals surface area contributed by atoms with Crippen LogP contribution in [0.3, 0.4) is 0 Å². The Kier molecular flexibility index (Phi) is 3.32. The second kappa shape index (κ2) is 5.02. The number of carbonyl (C=O) groups excluding carboxylic acids is 1. The van der Waals surface area contributed by atoms with Crippen LogP contribution in [0.25, 0.3) is 0 Å². The van der Waals surface area contributed by atoms with Crippen molar-refractivity contribution in [3.05, 3.63) is 46.8 Å². The van der Waals surface area contributed by atoms with E-state index in [1.54, 1.807) is 0 Å². The fourth-order valence-corrected chi connectivity index (χ4v) is 3.26. The molecule has 2 heterocycles. The highest BCUT2D eigenvalue weighted by Crippen LogP contribution is 2.32. The summed E-state index contributed by atoms with van der Waals surface area (Å²) in [5.41, 5.74) is 5.40. The molecule has 1 atom stereocenters. The second-order valence-corrected chi connectivity index (χ2v) is 5.90. The number of para-hydroxylation sites is 1. The summed E-state index contributed by atoms with van der Waals surface area (Å²) in [5.74, 6) is 0.159. The maximum absolute atomic E-state index is 12.8. The number of amides is 1. The van der Waals surface area contributed by atoms with Gasteiger partial charge in [-0.15, -0.1) is 0 Å². The third-order valence-electron chi connectivity index (χ3n) is 4.46. The van der Waals surface area contributed by atoms with Gasteiger partial charge >= 0.3 is 0 Å². The van der Waals surface area contributed by atoms with Gasteiger partial charge in [0.1, 0.15) is 0 Å². The lowest BCUT2D eigenvalue weighted by Crippen LogP contribution is -2.37. The summed E-state index contributed by atoms with van der Waals surface area (Å²) >= 11 is 0. The van der Waals surface area contributed by atoms with Crippen LogP contribution < -0.4 is 4.90 Å². The van der Waals surface area contributed by atoms with E-state index < -0.39 is 0 Å². The summed E-state index contributed by atoms with van der Waals surface area (Å²) in [7, 11) is 1.92. The van der Waals surface area contributed by atoms with E-state index in [2.05, 4.69) is 18.1 Å². The van der Waals surface area contributed by atoms with E-state index in [-0.39, 0.29) is 11.9 Å². The molecule has 1 aliphatic heterocycles. The number of rotatable bonds is 2. The molecule has 3 rings (SSSR count). The van der Waals surface area contributed by atoms with Gasteiger partial charge in [-0.2, -0.15) is 5.10 Å². The number of hydrogen-bond acceptors (Lipinski definition) is 2. The number of carbonyl (C=O) groups is 1. The van der Waals surface area contributed by atoms with E-state index in [0.29, 0.717) is 6.42 Å². The zero-order valence-corrected chi connectivity index (χ0v) is 13.1. The van der Waals surface area contributed by atoms with Gasteiger partial charge in [-0.3, -0.25) is 9.48 Å². The standard InChI is InChI=1S/C17H21N3O/c1-11-9-14-7-5-6-8-16(14)20(11)17(21)10-15-12(2)18-19(4)13(15)3/h5-8,11H,9-10H2,1-4H3. The highest BCUT2D eigenvalue weighted by atomic mass is 16.2. The fraction of sp³-hybridized carbons (Fsp3) is 0.412. The van der Waals surface area contributed by atoms with Crippen molar-refractivity contribution in [3.63, 3.8) is 0 Å². The molecule has 0 radical (unpaired) electrons. The molecule has 1 aromatic carbocycles. The predicted octanol–water partition coefficient (Wildman–Crippen LogP) is 2.56. The zero-order valence-electron chi connectivity index (χ0n) is 13.1. The Labute approximate surface area is 125 Å². The molecule has 21 heavy (non-hydrogen) atoms. The Morgan fingerprint density at radius 1 is 1.33 bits per heavy atom. The van der Waals surface area contributed by atoms with Crippen molar-refractivity contribution < 1.29 is 4.79 Å². The Bertz CT molecular complexity index is 702.